The summed E-state index contributed by atoms with van der Waals surface area (Å²) in [5, 5.41) is 17.0. The highest BCUT2D eigenvalue weighted by atomic mass is 16.5. The summed E-state index contributed by atoms with van der Waals surface area (Å²) in [6.45, 7) is 9.71. The summed E-state index contributed by atoms with van der Waals surface area (Å²) in [5.74, 6) is 2.36. The number of morpholine rings is 1. The Bertz CT molecular complexity index is 628. The average molecular weight is 407 g/mol. The Morgan fingerprint density at radius 2 is 1.97 bits per heavy atom. The van der Waals surface area contributed by atoms with Crippen molar-refractivity contribution in [3.8, 4) is 11.5 Å². The molecule has 0 bridgehead atoms. The molecule has 0 spiro atoms. The smallest absolute Gasteiger partial charge is 0.191 e. The summed E-state index contributed by atoms with van der Waals surface area (Å²) in [5.41, 5.74) is 0.886. The standard InChI is InChI=1S/C22H38N4O3/c1-5-17(6-2)20(26-11-13-29-14-12-26)16-25-22(23-3)24-10-9-18-7-8-19(28-4)15-21(18)27/h7-8,15,17,20,27H,5-6,9-14,16H2,1-4H3,(H2,23,24,25). The summed E-state index contributed by atoms with van der Waals surface area (Å²) in [6, 6.07) is 5.88. The molecule has 0 aromatic heterocycles. The third kappa shape index (κ3) is 7.08. The zero-order valence-electron chi connectivity index (χ0n) is 18.4. The van der Waals surface area contributed by atoms with Gasteiger partial charge in [0.1, 0.15) is 11.5 Å². The summed E-state index contributed by atoms with van der Waals surface area (Å²) in [6.07, 6.45) is 3.04. The Morgan fingerprint density at radius 3 is 2.55 bits per heavy atom. The molecule has 1 saturated heterocycles. The van der Waals surface area contributed by atoms with Gasteiger partial charge in [-0.15, -0.1) is 0 Å². The predicted octanol–water partition coefficient (Wildman–Crippen LogP) is 2.25. The Labute approximate surface area is 175 Å². The van der Waals surface area contributed by atoms with E-state index in [1.807, 2.05) is 12.1 Å². The quantitative estimate of drug-likeness (QED) is 0.409. The van der Waals surface area contributed by atoms with Crippen LogP contribution >= 0.6 is 0 Å². The van der Waals surface area contributed by atoms with Crippen molar-refractivity contribution in [3.05, 3.63) is 23.8 Å². The van der Waals surface area contributed by atoms with Crippen molar-refractivity contribution in [3.63, 3.8) is 0 Å². The van der Waals surface area contributed by atoms with Crippen molar-refractivity contribution in [1.82, 2.24) is 15.5 Å². The molecule has 164 valence electrons. The molecule has 0 saturated carbocycles. The number of aromatic hydroxyl groups is 1. The molecule has 1 atom stereocenters. The molecule has 7 heteroatoms. The van der Waals surface area contributed by atoms with Crippen LogP contribution < -0.4 is 15.4 Å². The van der Waals surface area contributed by atoms with Crippen LogP contribution in [0.3, 0.4) is 0 Å². The normalized spacial score (nSPS) is 16.7. The van der Waals surface area contributed by atoms with Crippen LogP contribution in [-0.4, -0.2) is 75.6 Å². The molecule has 1 heterocycles. The van der Waals surface area contributed by atoms with Crippen LogP contribution in [0.5, 0.6) is 11.5 Å². The van der Waals surface area contributed by atoms with Crippen LogP contribution in [0.15, 0.2) is 23.2 Å². The zero-order valence-corrected chi connectivity index (χ0v) is 18.4. The molecule has 0 aliphatic carbocycles. The van der Waals surface area contributed by atoms with Crippen LogP contribution in [0.2, 0.25) is 0 Å². The lowest BCUT2D eigenvalue weighted by molar-refractivity contribution is 0.00272. The number of hydrogen-bond acceptors (Lipinski definition) is 5. The maximum absolute atomic E-state index is 10.1. The number of benzene rings is 1. The van der Waals surface area contributed by atoms with E-state index in [4.69, 9.17) is 9.47 Å². The third-order valence-electron chi connectivity index (χ3n) is 5.79. The van der Waals surface area contributed by atoms with Gasteiger partial charge in [0.05, 0.1) is 20.3 Å². The molecule has 3 N–H and O–H groups in total. The lowest BCUT2D eigenvalue weighted by Crippen LogP contribution is -2.53. The second kappa shape index (κ2) is 12.5. The third-order valence-corrected chi connectivity index (χ3v) is 5.79. The van der Waals surface area contributed by atoms with E-state index in [2.05, 4.69) is 34.4 Å². The highest BCUT2D eigenvalue weighted by Crippen LogP contribution is 2.23. The van der Waals surface area contributed by atoms with Gasteiger partial charge in [-0.3, -0.25) is 9.89 Å². The molecule has 7 nitrogen and oxygen atoms in total. The summed E-state index contributed by atoms with van der Waals surface area (Å²) >= 11 is 0. The largest absolute Gasteiger partial charge is 0.508 e. The van der Waals surface area contributed by atoms with Crippen LogP contribution in [0.25, 0.3) is 0 Å². The Morgan fingerprint density at radius 1 is 1.24 bits per heavy atom. The fourth-order valence-electron chi connectivity index (χ4n) is 3.96. The topological polar surface area (TPSA) is 78.4 Å². The molecule has 0 amide bonds. The predicted molar refractivity (Wildman–Crippen MR) is 118 cm³/mol. The van der Waals surface area contributed by atoms with E-state index < -0.39 is 0 Å². The summed E-state index contributed by atoms with van der Waals surface area (Å²) in [7, 11) is 3.39. The minimum Gasteiger partial charge on any atom is -0.508 e. The molecule has 29 heavy (non-hydrogen) atoms. The SMILES string of the molecule is CCC(CC)C(CNC(=NC)NCCc1ccc(OC)cc1O)N1CCOCC1. The first-order valence-electron chi connectivity index (χ1n) is 10.7. The molecule has 0 radical (unpaired) electrons. The zero-order chi connectivity index (χ0) is 21.1. The van der Waals surface area contributed by atoms with Crippen LogP contribution in [0.1, 0.15) is 32.3 Å². The maximum Gasteiger partial charge on any atom is 0.191 e. The first-order valence-corrected chi connectivity index (χ1v) is 10.7. The van der Waals surface area contributed by atoms with E-state index >= 15 is 0 Å². The van der Waals surface area contributed by atoms with E-state index in [1.54, 1.807) is 20.2 Å². The van der Waals surface area contributed by atoms with Gasteiger partial charge in [-0.2, -0.15) is 0 Å². The van der Waals surface area contributed by atoms with Crippen molar-refractivity contribution in [2.75, 3.05) is 53.6 Å². The number of phenols is 1. The summed E-state index contributed by atoms with van der Waals surface area (Å²) < 4.78 is 10.7. The second-order valence-electron chi connectivity index (χ2n) is 7.42. The number of nitrogens with zero attached hydrogens (tertiary/aromatic N) is 2. The van der Waals surface area contributed by atoms with Gasteiger partial charge in [-0.25, -0.2) is 0 Å². The van der Waals surface area contributed by atoms with E-state index in [-0.39, 0.29) is 5.75 Å². The Hall–Kier alpha value is -1.99. The van der Waals surface area contributed by atoms with Crippen LogP contribution in [0.4, 0.5) is 0 Å². The van der Waals surface area contributed by atoms with E-state index in [1.165, 1.54) is 12.8 Å². The Balaban J connectivity index is 1.87. The molecule has 1 aliphatic rings. The first-order chi connectivity index (χ1) is 14.1. The van der Waals surface area contributed by atoms with Gasteiger partial charge >= 0.3 is 0 Å². The first kappa shape index (κ1) is 23.3. The molecule has 1 fully saturated rings. The lowest BCUT2D eigenvalue weighted by Gasteiger charge is -2.39. The van der Waals surface area contributed by atoms with Crippen LogP contribution in [0, 0.1) is 5.92 Å². The van der Waals surface area contributed by atoms with Gasteiger partial charge in [0.25, 0.3) is 0 Å². The van der Waals surface area contributed by atoms with Gasteiger partial charge in [0.15, 0.2) is 5.96 Å². The van der Waals surface area contributed by atoms with Crippen molar-refractivity contribution in [1.29, 1.82) is 0 Å². The molecule has 1 aromatic rings. The van der Waals surface area contributed by atoms with Crippen molar-refractivity contribution in [2.45, 2.75) is 39.2 Å². The van der Waals surface area contributed by atoms with E-state index in [9.17, 15) is 5.11 Å². The second-order valence-corrected chi connectivity index (χ2v) is 7.42. The van der Waals surface area contributed by atoms with Gasteiger partial charge in [0.2, 0.25) is 0 Å². The highest BCUT2D eigenvalue weighted by molar-refractivity contribution is 5.79. The number of rotatable bonds is 10. The molecule has 1 unspecified atom stereocenters. The number of nitrogens with one attached hydrogen (secondary N) is 2. The minimum absolute atomic E-state index is 0.259. The number of ether oxygens (including phenoxy) is 2. The average Bonchev–Trinajstić information content (AvgIpc) is 2.76. The van der Waals surface area contributed by atoms with Gasteiger partial charge in [-0.1, -0.05) is 32.8 Å². The van der Waals surface area contributed by atoms with E-state index in [0.29, 0.717) is 30.7 Å². The number of methoxy groups -OCH3 is 1. The summed E-state index contributed by atoms with van der Waals surface area (Å²) in [4.78, 5) is 6.92. The molecule has 1 aromatic carbocycles. The maximum atomic E-state index is 10.1. The molecule has 1 aliphatic heterocycles. The van der Waals surface area contributed by atoms with Gasteiger partial charge < -0.3 is 25.2 Å². The van der Waals surface area contributed by atoms with Gasteiger partial charge in [-0.05, 0) is 24.0 Å². The molecular weight excluding hydrogens is 368 g/mol. The number of phenolic OH excluding ortho intramolecular Hbond substituents is 1. The number of guanidine groups is 1. The van der Waals surface area contributed by atoms with Crippen LogP contribution in [-0.2, 0) is 11.2 Å². The fraction of sp³-hybridized carbons (Fsp3) is 0.682. The lowest BCUT2D eigenvalue weighted by atomic mass is 9.92. The molecule has 2 rings (SSSR count). The monoisotopic (exact) mass is 406 g/mol. The van der Waals surface area contributed by atoms with Crippen molar-refractivity contribution in [2.24, 2.45) is 10.9 Å². The Kier molecular flexibility index (Phi) is 10.1. The van der Waals surface area contributed by atoms with E-state index in [0.717, 1.165) is 44.4 Å². The minimum atomic E-state index is 0.259. The number of hydrogen-bond donors (Lipinski definition) is 3. The van der Waals surface area contributed by atoms with Crippen molar-refractivity contribution >= 4 is 5.96 Å². The van der Waals surface area contributed by atoms with Crippen molar-refractivity contribution < 1.29 is 14.6 Å². The fourth-order valence-corrected chi connectivity index (χ4v) is 3.96. The van der Waals surface area contributed by atoms with Gasteiger partial charge in [0, 0.05) is 45.3 Å². The highest BCUT2D eigenvalue weighted by Gasteiger charge is 2.26. The number of aliphatic imine (C=N–C) groups is 1. The molecular formula is C22H38N4O3.